The smallest absolute Gasteiger partial charge is 0.451 e. The van der Waals surface area contributed by atoms with Crippen LogP contribution in [0.2, 0.25) is 0 Å². The average molecular weight is 681 g/mol. The van der Waals surface area contributed by atoms with Crippen LogP contribution in [0.4, 0.5) is 24.9 Å². The molecule has 12 nitrogen and oxygen atoms in total. The Bertz CT molecular complexity index is 1690. The molecule has 2 aromatic carbocycles. The van der Waals surface area contributed by atoms with E-state index < -0.39 is 42.3 Å². The molecular formula is C34H39F3N8O4. The quantitative estimate of drug-likeness (QED) is 0.184. The minimum absolute atomic E-state index is 0.0337. The molecule has 1 aliphatic carbocycles. The Morgan fingerprint density at radius 1 is 1.04 bits per heavy atom. The number of nitrogens with one attached hydrogen (secondary N) is 3. The summed E-state index contributed by atoms with van der Waals surface area (Å²) in [5, 5.41) is 20.6. The number of alkyl halides is 3. The van der Waals surface area contributed by atoms with Crippen LogP contribution in [0.1, 0.15) is 49.3 Å². The van der Waals surface area contributed by atoms with Crippen molar-refractivity contribution < 1.29 is 32.6 Å². The molecule has 1 amide bonds. The first-order chi connectivity index (χ1) is 23.6. The lowest BCUT2D eigenvalue weighted by atomic mass is 9.91. The molecule has 4 aromatic rings. The van der Waals surface area contributed by atoms with Gasteiger partial charge in [0, 0.05) is 38.5 Å². The number of nitrogens with zero attached hydrogens (tertiary/aromatic N) is 5. The van der Waals surface area contributed by atoms with Crippen molar-refractivity contribution in [2.75, 3.05) is 42.9 Å². The summed E-state index contributed by atoms with van der Waals surface area (Å²) >= 11 is 0. The number of hydrogen-bond donors (Lipinski definition) is 4. The standard InChI is InChI=1S/C34H39F3N8O4/c1-2-26(46)41-24-18-25(29(28(24)47)49-32(48)34(35,36)37)45-20-40-27-30(42-33(43-31(27)45)44-16-9-14-38-15-17-44)39-19-23(21-10-5-3-6-11-21)22-12-7-4-8-13-22/h3-8,10-13,20,23-25,28-29,38,47H,2,9,14-19H2,1H3,(H,41,46)(H,39,42,43)/t24-,25+,28+,29-/m0/s1. The second kappa shape index (κ2) is 14.8. The fourth-order valence-corrected chi connectivity index (χ4v) is 6.51. The molecule has 1 saturated heterocycles. The lowest BCUT2D eigenvalue weighted by molar-refractivity contribution is -0.209. The minimum Gasteiger partial charge on any atom is -0.451 e. The molecule has 0 unspecified atom stereocenters. The summed E-state index contributed by atoms with van der Waals surface area (Å²) in [6.07, 6.45) is -6.24. The first-order valence-electron chi connectivity index (χ1n) is 16.4. The van der Waals surface area contributed by atoms with E-state index in [2.05, 4.69) is 45.2 Å². The molecule has 1 aliphatic heterocycles. The second-order valence-electron chi connectivity index (χ2n) is 12.2. The molecule has 4 atom stereocenters. The summed E-state index contributed by atoms with van der Waals surface area (Å²) in [5.74, 6) is -2.07. The zero-order valence-corrected chi connectivity index (χ0v) is 26.9. The summed E-state index contributed by atoms with van der Waals surface area (Å²) in [6, 6.07) is 18.1. The van der Waals surface area contributed by atoms with Crippen molar-refractivity contribution in [1.29, 1.82) is 0 Å². The van der Waals surface area contributed by atoms with E-state index in [0.717, 1.165) is 24.1 Å². The van der Waals surface area contributed by atoms with Gasteiger partial charge in [-0.05, 0) is 30.5 Å². The number of anilines is 2. The Balaban J connectivity index is 1.41. The van der Waals surface area contributed by atoms with Gasteiger partial charge in [-0.15, -0.1) is 0 Å². The molecule has 2 aromatic heterocycles. The number of aliphatic hydroxyl groups is 1. The van der Waals surface area contributed by atoms with Gasteiger partial charge in [0.25, 0.3) is 0 Å². The highest BCUT2D eigenvalue weighted by Crippen LogP contribution is 2.38. The molecule has 15 heteroatoms. The first kappa shape index (κ1) is 34.1. The fourth-order valence-electron chi connectivity index (χ4n) is 6.51. The van der Waals surface area contributed by atoms with Gasteiger partial charge in [-0.3, -0.25) is 4.79 Å². The van der Waals surface area contributed by atoms with Gasteiger partial charge in [-0.2, -0.15) is 23.1 Å². The molecule has 260 valence electrons. The topological polar surface area (TPSA) is 147 Å². The van der Waals surface area contributed by atoms with Crippen LogP contribution in [0, 0.1) is 0 Å². The maximum absolute atomic E-state index is 13.4. The number of carbonyl (C=O) groups excluding carboxylic acids is 2. The molecule has 6 rings (SSSR count). The van der Waals surface area contributed by atoms with Crippen LogP contribution in [-0.4, -0.2) is 93.7 Å². The van der Waals surface area contributed by atoms with E-state index in [1.165, 1.54) is 10.9 Å². The third kappa shape index (κ3) is 7.62. The van der Waals surface area contributed by atoms with Crippen LogP contribution >= 0.6 is 0 Å². The van der Waals surface area contributed by atoms with E-state index >= 15 is 0 Å². The van der Waals surface area contributed by atoms with Crippen LogP contribution < -0.4 is 20.9 Å². The molecule has 0 bridgehead atoms. The minimum atomic E-state index is -5.28. The number of halogens is 3. The largest absolute Gasteiger partial charge is 0.490 e. The van der Waals surface area contributed by atoms with Crippen LogP contribution in [0.3, 0.4) is 0 Å². The molecule has 2 aliphatic rings. The number of amides is 1. The number of aromatic nitrogens is 4. The van der Waals surface area contributed by atoms with Crippen molar-refractivity contribution in [3.05, 3.63) is 78.1 Å². The number of rotatable bonds is 10. The monoisotopic (exact) mass is 680 g/mol. The van der Waals surface area contributed by atoms with Crippen molar-refractivity contribution >= 4 is 34.8 Å². The van der Waals surface area contributed by atoms with Crippen molar-refractivity contribution in [3.63, 3.8) is 0 Å². The van der Waals surface area contributed by atoms with Crippen molar-refractivity contribution in [2.24, 2.45) is 0 Å². The summed E-state index contributed by atoms with van der Waals surface area (Å²) in [6.45, 7) is 4.87. The first-order valence-corrected chi connectivity index (χ1v) is 16.4. The highest BCUT2D eigenvalue weighted by molar-refractivity contribution is 5.85. The summed E-state index contributed by atoms with van der Waals surface area (Å²) in [5.41, 5.74) is 2.82. The van der Waals surface area contributed by atoms with Gasteiger partial charge in [-0.25, -0.2) is 9.78 Å². The number of benzene rings is 2. The van der Waals surface area contributed by atoms with Gasteiger partial charge in [-0.1, -0.05) is 67.6 Å². The van der Waals surface area contributed by atoms with Gasteiger partial charge < -0.3 is 35.3 Å². The number of esters is 1. The molecular weight excluding hydrogens is 641 g/mol. The number of ether oxygens (including phenoxy) is 1. The maximum Gasteiger partial charge on any atom is 0.490 e. The molecule has 1 saturated carbocycles. The highest BCUT2D eigenvalue weighted by atomic mass is 19.4. The fraction of sp³-hybridized carbons (Fsp3) is 0.441. The van der Waals surface area contributed by atoms with Gasteiger partial charge in [0.2, 0.25) is 11.9 Å². The number of imidazole rings is 1. The van der Waals surface area contributed by atoms with E-state index in [-0.39, 0.29) is 24.4 Å². The average Bonchev–Trinajstić information content (AvgIpc) is 3.52. The van der Waals surface area contributed by atoms with E-state index in [9.17, 15) is 27.9 Å². The van der Waals surface area contributed by atoms with Crippen LogP contribution in [0.25, 0.3) is 11.2 Å². The van der Waals surface area contributed by atoms with Crippen molar-refractivity contribution in [2.45, 2.75) is 62.6 Å². The van der Waals surface area contributed by atoms with Crippen molar-refractivity contribution in [3.8, 4) is 0 Å². The molecule has 49 heavy (non-hydrogen) atoms. The Morgan fingerprint density at radius 3 is 2.39 bits per heavy atom. The predicted molar refractivity (Wildman–Crippen MR) is 176 cm³/mol. The normalized spacial score (nSPS) is 21.5. The molecule has 2 fully saturated rings. The van der Waals surface area contributed by atoms with Gasteiger partial charge in [0.15, 0.2) is 23.1 Å². The summed E-state index contributed by atoms with van der Waals surface area (Å²) in [7, 11) is 0. The Labute approximate surface area is 281 Å². The number of aliphatic hydroxyl groups excluding tert-OH is 1. The molecule has 0 radical (unpaired) electrons. The molecule has 3 heterocycles. The number of fused-ring (bicyclic) bond motifs is 1. The third-order valence-corrected chi connectivity index (χ3v) is 9.03. The van der Waals surface area contributed by atoms with Gasteiger partial charge in [0.05, 0.1) is 18.4 Å². The zero-order chi connectivity index (χ0) is 34.5. The third-order valence-electron chi connectivity index (χ3n) is 9.03. The molecule has 4 N–H and O–H groups in total. The van der Waals surface area contributed by atoms with Crippen LogP contribution in [-0.2, 0) is 14.3 Å². The lowest BCUT2D eigenvalue weighted by Gasteiger charge is -2.25. The van der Waals surface area contributed by atoms with Gasteiger partial charge >= 0.3 is 12.1 Å². The van der Waals surface area contributed by atoms with E-state index in [1.54, 1.807) is 6.92 Å². The maximum atomic E-state index is 13.4. The lowest BCUT2D eigenvalue weighted by Crippen LogP contribution is -2.45. The van der Waals surface area contributed by atoms with E-state index in [0.29, 0.717) is 43.5 Å². The number of hydrogen-bond acceptors (Lipinski definition) is 10. The summed E-state index contributed by atoms with van der Waals surface area (Å²) in [4.78, 5) is 40.7. The predicted octanol–water partition coefficient (Wildman–Crippen LogP) is 3.54. The highest BCUT2D eigenvalue weighted by Gasteiger charge is 2.51. The van der Waals surface area contributed by atoms with Crippen LogP contribution in [0.15, 0.2) is 67.0 Å². The SMILES string of the molecule is CCC(=O)N[C@H]1C[C@@H](n2cnc3c(NCC(c4ccccc4)c4ccccc4)nc(N4CCCNCC4)nc32)[C@H](OC(=O)C(F)(F)F)[C@@H]1O. The van der Waals surface area contributed by atoms with Crippen molar-refractivity contribution in [1.82, 2.24) is 30.2 Å². The van der Waals surface area contributed by atoms with Crippen LogP contribution in [0.5, 0.6) is 0 Å². The second-order valence-corrected chi connectivity index (χ2v) is 12.2. The van der Waals surface area contributed by atoms with E-state index in [4.69, 9.17) is 14.7 Å². The van der Waals surface area contributed by atoms with Gasteiger partial charge in [0.1, 0.15) is 6.10 Å². The Kier molecular flexibility index (Phi) is 10.3. The number of carbonyl (C=O) groups is 2. The zero-order valence-electron chi connectivity index (χ0n) is 26.9. The molecule has 0 spiro atoms. The Hall–Kier alpha value is -4.76. The van der Waals surface area contributed by atoms with E-state index in [1.807, 2.05) is 41.3 Å². The Morgan fingerprint density at radius 2 is 1.73 bits per heavy atom. The summed E-state index contributed by atoms with van der Waals surface area (Å²) < 4.78 is 46.5.